The minimum absolute atomic E-state index is 0.128. The third-order valence-corrected chi connectivity index (χ3v) is 5.66. The lowest BCUT2D eigenvalue weighted by molar-refractivity contribution is -0.145. The lowest BCUT2D eigenvalue weighted by atomic mass is 9.93. The molecule has 172 valence electrons. The van der Waals surface area contributed by atoms with Crippen LogP contribution >= 0.6 is 22.6 Å². The Bertz CT molecular complexity index is 1190. The van der Waals surface area contributed by atoms with Crippen LogP contribution in [0.3, 0.4) is 0 Å². The smallest absolute Gasteiger partial charge is 0.344 e. The van der Waals surface area contributed by atoms with Crippen LogP contribution in [0.15, 0.2) is 91.0 Å². The maximum Gasteiger partial charge on any atom is 0.344 e. The van der Waals surface area contributed by atoms with Crippen LogP contribution in [-0.4, -0.2) is 33.8 Å². The molecule has 0 amide bonds. The zero-order valence-corrected chi connectivity index (χ0v) is 20.4. The van der Waals surface area contributed by atoms with Crippen molar-refractivity contribution in [2.24, 2.45) is 0 Å². The van der Waals surface area contributed by atoms with Gasteiger partial charge in [0.15, 0.2) is 6.61 Å². The zero-order valence-electron chi connectivity index (χ0n) is 18.3. The lowest BCUT2D eigenvalue weighted by Gasteiger charge is -2.12. The normalized spacial score (nSPS) is 10.6. The van der Waals surface area contributed by atoms with E-state index in [0.717, 1.165) is 37.8 Å². The Morgan fingerprint density at radius 3 is 1.47 bits per heavy atom. The molecule has 0 unspecified atom stereocenters. The second kappa shape index (κ2) is 11.1. The Labute approximate surface area is 211 Å². The number of ether oxygens (including phenoxy) is 2. The van der Waals surface area contributed by atoms with Gasteiger partial charge in [0.1, 0.15) is 23.9 Å². The number of carbonyl (C=O) groups is 1. The van der Waals surface area contributed by atoms with E-state index in [1.807, 2.05) is 48.5 Å². The summed E-state index contributed by atoms with van der Waals surface area (Å²) in [6.07, 6.45) is 0. The first-order valence-electron chi connectivity index (χ1n) is 10.7. The molecular weight excluding hydrogens is 543 g/mol. The Kier molecular flexibility index (Phi) is 7.69. The lowest BCUT2D eigenvalue weighted by Crippen LogP contribution is -2.15. The summed E-state index contributed by atoms with van der Waals surface area (Å²) in [5.74, 6) is 0.629. The molecule has 0 aliphatic carbocycles. The molecule has 0 heterocycles. The fourth-order valence-electron chi connectivity index (χ4n) is 3.52. The van der Waals surface area contributed by atoms with Crippen LogP contribution in [-0.2, 0) is 9.53 Å². The number of esters is 1. The summed E-state index contributed by atoms with van der Waals surface area (Å²) in [6, 6.07) is 28.0. The van der Waals surface area contributed by atoms with Crippen molar-refractivity contribution in [2.75, 3.05) is 17.6 Å². The van der Waals surface area contributed by atoms with E-state index in [1.165, 1.54) is 0 Å². The number of benzene rings is 4. The molecule has 0 aliphatic heterocycles. The van der Waals surface area contributed by atoms with E-state index in [1.54, 1.807) is 24.3 Å². The number of rotatable bonds is 8. The van der Waals surface area contributed by atoms with E-state index in [-0.39, 0.29) is 24.1 Å². The molecule has 6 heteroatoms. The van der Waals surface area contributed by atoms with Crippen molar-refractivity contribution in [3.63, 3.8) is 0 Å². The van der Waals surface area contributed by atoms with Gasteiger partial charge in [0.2, 0.25) is 0 Å². The van der Waals surface area contributed by atoms with Crippen molar-refractivity contribution < 1.29 is 24.5 Å². The molecule has 2 N–H and O–H groups in total. The molecule has 4 aromatic rings. The standard InChI is InChI=1S/C28H23IO5/c29-13-14-33-28(32)18-34-27-11-5-21(6-12-27)24-16-22(19-1-7-25(30)8-2-19)15-23(17-24)20-3-9-26(31)10-4-20/h1-12,15-17,30-31H,13-14,18H2. The van der Waals surface area contributed by atoms with Crippen molar-refractivity contribution in [1.82, 2.24) is 0 Å². The van der Waals surface area contributed by atoms with Crippen LogP contribution in [0, 0.1) is 0 Å². The fraction of sp³-hybridized carbons (Fsp3) is 0.107. The molecule has 0 fully saturated rings. The largest absolute Gasteiger partial charge is 0.508 e. The molecule has 0 radical (unpaired) electrons. The molecule has 0 aliphatic rings. The van der Waals surface area contributed by atoms with Gasteiger partial charge in [0, 0.05) is 4.43 Å². The van der Waals surface area contributed by atoms with E-state index in [0.29, 0.717) is 12.4 Å². The molecule has 4 rings (SSSR count). The number of alkyl halides is 1. The average Bonchev–Trinajstić information content (AvgIpc) is 2.87. The molecular formula is C28H23IO5. The fourth-order valence-corrected chi connectivity index (χ4v) is 3.74. The van der Waals surface area contributed by atoms with Gasteiger partial charge in [-0.25, -0.2) is 4.79 Å². The molecule has 34 heavy (non-hydrogen) atoms. The number of phenolic OH excluding ortho intramolecular Hbond substituents is 2. The Morgan fingerprint density at radius 2 is 1.06 bits per heavy atom. The topological polar surface area (TPSA) is 76.0 Å². The van der Waals surface area contributed by atoms with Gasteiger partial charge in [-0.1, -0.05) is 59.0 Å². The molecule has 0 spiro atoms. The number of hydrogen-bond acceptors (Lipinski definition) is 5. The van der Waals surface area contributed by atoms with E-state index in [4.69, 9.17) is 9.47 Å². The van der Waals surface area contributed by atoms with Crippen LogP contribution in [0.1, 0.15) is 0 Å². The van der Waals surface area contributed by atoms with Crippen molar-refractivity contribution in [2.45, 2.75) is 0 Å². The second-order valence-corrected chi connectivity index (χ2v) is 8.69. The predicted molar refractivity (Wildman–Crippen MR) is 141 cm³/mol. The first-order valence-corrected chi connectivity index (χ1v) is 12.2. The molecule has 0 saturated heterocycles. The third-order valence-electron chi connectivity index (χ3n) is 5.22. The maximum atomic E-state index is 11.7. The highest BCUT2D eigenvalue weighted by Crippen LogP contribution is 2.34. The van der Waals surface area contributed by atoms with E-state index in [9.17, 15) is 15.0 Å². The number of aromatic hydroxyl groups is 2. The van der Waals surface area contributed by atoms with E-state index >= 15 is 0 Å². The summed E-state index contributed by atoms with van der Waals surface area (Å²) in [6.45, 7) is 0.250. The van der Waals surface area contributed by atoms with Crippen LogP contribution in [0.4, 0.5) is 0 Å². The summed E-state index contributed by atoms with van der Waals surface area (Å²) in [4.78, 5) is 11.7. The van der Waals surface area contributed by atoms with Crippen LogP contribution in [0.2, 0.25) is 0 Å². The Balaban J connectivity index is 1.64. The minimum Gasteiger partial charge on any atom is -0.508 e. The van der Waals surface area contributed by atoms with Crippen LogP contribution in [0.5, 0.6) is 17.2 Å². The van der Waals surface area contributed by atoms with Crippen molar-refractivity contribution in [3.8, 4) is 50.6 Å². The predicted octanol–water partition coefficient (Wildman–Crippen LogP) is 6.46. The minimum atomic E-state index is -0.388. The quantitative estimate of drug-likeness (QED) is 0.146. The molecule has 0 aromatic heterocycles. The second-order valence-electron chi connectivity index (χ2n) is 7.62. The molecule has 4 aromatic carbocycles. The molecule has 0 saturated carbocycles. The van der Waals surface area contributed by atoms with E-state index < -0.39 is 0 Å². The van der Waals surface area contributed by atoms with E-state index in [2.05, 4.69) is 40.8 Å². The van der Waals surface area contributed by atoms with Gasteiger partial charge in [-0.05, 0) is 88.0 Å². The van der Waals surface area contributed by atoms with Crippen molar-refractivity contribution in [1.29, 1.82) is 0 Å². The summed E-state index contributed by atoms with van der Waals surface area (Å²) in [5, 5.41) is 19.4. The summed E-state index contributed by atoms with van der Waals surface area (Å²) in [7, 11) is 0. The number of halogens is 1. The van der Waals surface area contributed by atoms with Gasteiger partial charge in [-0.3, -0.25) is 0 Å². The van der Waals surface area contributed by atoms with Crippen LogP contribution < -0.4 is 4.74 Å². The Hall–Kier alpha value is -3.52. The molecule has 5 nitrogen and oxygen atoms in total. The maximum absolute atomic E-state index is 11.7. The van der Waals surface area contributed by atoms with Gasteiger partial charge in [-0.2, -0.15) is 0 Å². The Morgan fingerprint density at radius 1 is 0.647 bits per heavy atom. The average molecular weight is 566 g/mol. The number of hydrogen-bond donors (Lipinski definition) is 2. The van der Waals surface area contributed by atoms with Crippen molar-refractivity contribution in [3.05, 3.63) is 91.0 Å². The highest BCUT2D eigenvalue weighted by Gasteiger charge is 2.09. The first-order chi connectivity index (χ1) is 16.5. The number of phenols is 2. The third kappa shape index (κ3) is 6.08. The summed E-state index contributed by atoms with van der Waals surface area (Å²) in [5.41, 5.74) is 5.94. The van der Waals surface area contributed by atoms with Gasteiger partial charge in [0.05, 0.1) is 0 Å². The van der Waals surface area contributed by atoms with Crippen molar-refractivity contribution >= 4 is 28.6 Å². The summed E-state index contributed by atoms with van der Waals surface area (Å²) < 4.78 is 11.3. The SMILES string of the molecule is O=C(COc1ccc(-c2cc(-c3ccc(O)cc3)cc(-c3ccc(O)cc3)c2)cc1)OCCI. The number of carbonyl (C=O) groups excluding carboxylic acids is 1. The van der Waals surface area contributed by atoms with Gasteiger partial charge >= 0.3 is 5.97 Å². The summed E-state index contributed by atoms with van der Waals surface area (Å²) >= 11 is 2.14. The first kappa shape index (κ1) is 23.6. The molecule has 0 atom stereocenters. The van der Waals surface area contributed by atoms with Gasteiger partial charge in [-0.15, -0.1) is 0 Å². The zero-order chi connectivity index (χ0) is 23.9. The highest BCUT2D eigenvalue weighted by molar-refractivity contribution is 14.1. The highest BCUT2D eigenvalue weighted by atomic mass is 127. The van der Waals surface area contributed by atoms with Crippen LogP contribution in [0.25, 0.3) is 33.4 Å². The van der Waals surface area contributed by atoms with Gasteiger partial charge in [0.25, 0.3) is 0 Å². The molecule has 0 bridgehead atoms. The monoisotopic (exact) mass is 566 g/mol. The van der Waals surface area contributed by atoms with Gasteiger partial charge < -0.3 is 19.7 Å².